The number of rotatable bonds is 5. The lowest BCUT2D eigenvalue weighted by atomic mass is 10.0. The van der Waals surface area contributed by atoms with Gasteiger partial charge in [-0.25, -0.2) is 4.98 Å². The number of hydrogen-bond donors (Lipinski definition) is 1. The van der Waals surface area contributed by atoms with Gasteiger partial charge in [-0.15, -0.1) is 0 Å². The number of H-pyrrole nitrogens is 1. The van der Waals surface area contributed by atoms with Gasteiger partial charge in [-0.05, 0) is 54.3 Å². The number of benzene rings is 2. The van der Waals surface area contributed by atoms with Crippen LogP contribution in [0.15, 0.2) is 52.9 Å². The van der Waals surface area contributed by atoms with Crippen molar-refractivity contribution in [2.24, 2.45) is 0 Å². The van der Waals surface area contributed by atoms with Gasteiger partial charge in [0, 0.05) is 6.42 Å². The number of aromatic nitrogens is 2. The molecule has 0 saturated carbocycles. The predicted molar refractivity (Wildman–Crippen MR) is 104 cm³/mol. The van der Waals surface area contributed by atoms with Crippen LogP contribution in [0.1, 0.15) is 29.4 Å². The first kappa shape index (κ1) is 16.5. The molecule has 0 fully saturated rings. The molecule has 0 saturated heterocycles. The van der Waals surface area contributed by atoms with Crippen molar-refractivity contribution in [3.8, 4) is 17.3 Å². The van der Waals surface area contributed by atoms with E-state index in [2.05, 4.69) is 42.0 Å². The highest BCUT2D eigenvalue weighted by Crippen LogP contribution is 2.28. The van der Waals surface area contributed by atoms with Crippen LogP contribution < -0.4 is 4.74 Å². The second-order valence-electron chi connectivity index (χ2n) is 6.50. The average Bonchev–Trinajstić information content (AvgIpc) is 3.29. The molecule has 132 valence electrons. The fourth-order valence-electron chi connectivity index (χ4n) is 3.21. The van der Waals surface area contributed by atoms with Crippen molar-refractivity contribution in [3.05, 3.63) is 71.0 Å². The summed E-state index contributed by atoms with van der Waals surface area (Å²) in [4.78, 5) is 7.95. The Morgan fingerprint density at radius 2 is 2.00 bits per heavy atom. The van der Waals surface area contributed by atoms with Crippen LogP contribution in [0.2, 0.25) is 0 Å². The van der Waals surface area contributed by atoms with E-state index in [4.69, 9.17) is 9.15 Å². The Kier molecular flexibility index (Phi) is 4.25. The third-order valence-electron chi connectivity index (χ3n) is 4.78. The molecule has 4 rings (SSSR count). The number of ether oxygens (including phenoxy) is 1. The Morgan fingerprint density at radius 3 is 2.81 bits per heavy atom. The number of imidazole rings is 1. The molecule has 4 aromatic rings. The molecule has 2 aromatic carbocycles. The van der Waals surface area contributed by atoms with E-state index in [1.165, 1.54) is 16.7 Å². The Labute approximate surface area is 152 Å². The Balaban J connectivity index is 1.64. The Hall–Kier alpha value is -3.01. The first-order valence-corrected chi connectivity index (χ1v) is 8.88. The highest BCUT2D eigenvalue weighted by atomic mass is 16.5. The molecule has 0 bridgehead atoms. The van der Waals surface area contributed by atoms with Crippen LogP contribution in [-0.2, 0) is 12.8 Å². The maximum Gasteiger partial charge on any atom is 0.174 e. The maximum absolute atomic E-state index is 6.07. The highest BCUT2D eigenvalue weighted by Gasteiger charge is 2.13. The van der Waals surface area contributed by atoms with E-state index in [0.29, 0.717) is 0 Å². The lowest BCUT2D eigenvalue weighted by Gasteiger charge is -2.06. The summed E-state index contributed by atoms with van der Waals surface area (Å²) in [6.07, 6.45) is 1.82. The molecule has 0 spiro atoms. The first-order chi connectivity index (χ1) is 12.7. The number of nitrogens with zero attached hydrogens (tertiary/aromatic N) is 1. The molecule has 2 aromatic heterocycles. The molecule has 0 unspecified atom stereocenters. The predicted octanol–water partition coefficient (Wildman–Crippen LogP) is 5.29. The number of para-hydroxylation sites is 1. The van der Waals surface area contributed by atoms with Gasteiger partial charge in [-0.2, -0.15) is 0 Å². The molecule has 26 heavy (non-hydrogen) atoms. The topological polar surface area (TPSA) is 51.0 Å². The monoisotopic (exact) mass is 346 g/mol. The van der Waals surface area contributed by atoms with Gasteiger partial charge in [0.25, 0.3) is 0 Å². The van der Waals surface area contributed by atoms with E-state index >= 15 is 0 Å². The van der Waals surface area contributed by atoms with E-state index in [1.54, 1.807) is 7.11 Å². The van der Waals surface area contributed by atoms with Gasteiger partial charge in [0.2, 0.25) is 0 Å². The molecule has 0 amide bonds. The third kappa shape index (κ3) is 2.99. The second-order valence-corrected chi connectivity index (χ2v) is 6.50. The Bertz CT molecular complexity index is 1060. The van der Waals surface area contributed by atoms with E-state index in [0.717, 1.165) is 47.0 Å². The molecule has 0 aliphatic rings. The average molecular weight is 346 g/mol. The zero-order valence-electron chi connectivity index (χ0n) is 15.3. The summed E-state index contributed by atoms with van der Waals surface area (Å²) in [6, 6.07) is 16.5. The standard InChI is InChI=1S/C22H22N2O2/c1-4-15-9-8-14(2)16(12-15)13-17-10-11-20(26-17)22-23-18-6-5-7-19(25-3)21(18)24-22/h5-12H,4,13H2,1-3H3,(H,23,24). The third-order valence-corrected chi connectivity index (χ3v) is 4.78. The van der Waals surface area contributed by atoms with Gasteiger partial charge >= 0.3 is 0 Å². The number of aromatic amines is 1. The molecular formula is C22H22N2O2. The fourth-order valence-corrected chi connectivity index (χ4v) is 3.21. The van der Waals surface area contributed by atoms with Crippen LogP contribution in [0.3, 0.4) is 0 Å². The number of nitrogens with one attached hydrogen (secondary N) is 1. The summed E-state index contributed by atoms with van der Waals surface area (Å²) >= 11 is 0. The van der Waals surface area contributed by atoms with Crippen molar-refractivity contribution >= 4 is 11.0 Å². The molecule has 4 nitrogen and oxygen atoms in total. The zero-order chi connectivity index (χ0) is 18.1. The molecule has 0 aliphatic carbocycles. The maximum atomic E-state index is 6.07. The van der Waals surface area contributed by atoms with Crippen LogP contribution in [0.5, 0.6) is 5.75 Å². The van der Waals surface area contributed by atoms with Crippen molar-refractivity contribution in [1.82, 2.24) is 9.97 Å². The number of fused-ring (bicyclic) bond motifs is 1. The zero-order valence-corrected chi connectivity index (χ0v) is 15.3. The second kappa shape index (κ2) is 6.71. The van der Waals surface area contributed by atoms with Crippen LogP contribution in [0, 0.1) is 6.92 Å². The summed E-state index contributed by atoms with van der Waals surface area (Å²) in [5.41, 5.74) is 5.69. The molecule has 0 radical (unpaired) electrons. The number of furan rings is 1. The smallest absolute Gasteiger partial charge is 0.174 e. The van der Waals surface area contributed by atoms with Gasteiger partial charge in [0.15, 0.2) is 11.6 Å². The molecule has 1 N–H and O–H groups in total. The van der Waals surface area contributed by atoms with Crippen molar-refractivity contribution < 1.29 is 9.15 Å². The van der Waals surface area contributed by atoms with Crippen molar-refractivity contribution in [2.75, 3.05) is 7.11 Å². The lowest BCUT2D eigenvalue weighted by Crippen LogP contribution is -1.92. The van der Waals surface area contributed by atoms with Gasteiger partial charge < -0.3 is 14.1 Å². The fraction of sp³-hybridized carbons (Fsp3) is 0.227. The Morgan fingerprint density at radius 1 is 1.12 bits per heavy atom. The molecule has 0 atom stereocenters. The SMILES string of the molecule is CCc1ccc(C)c(Cc2ccc(-c3nc4c(OC)cccc4[nH]3)o2)c1. The minimum absolute atomic E-state index is 0.717. The van der Waals surface area contributed by atoms with E-state index in [1.807, 2.05) is 30.3 Å². The normalized spacial score (nSPS) is 11.2. The van der Waals surface area contributed by atoms with E-state index in [9.17, 15) is 0 Å². The van der Waals surface area contributed by atoms with Crippen LogP contribution in [0.4, 0.5) is 0 Å². The van der Waals surface area contributed by atoms with Gasteiger partial charge in [0.1, 0.15) is 17.0 Å². The van der Waals surface area contributed by atoms with Gasteiger partial charge in [-0.3, -0.25) is 0 Å². The highest BCUT2D eigenvalue weighted by molar-refractivity contribution is 5.84. The summed E-state index contributed by atoms with van der Waals surface area (Å²) in [6.45, 7) is 4.32. The van der Waals surface area contributed by atoms with E-state index < -0.39 is 0 Å². The van der Waals surface area contributed by atoms with Crippen molar-refractivity contribution in [1.29, 1.82) is 0 Å². The summed E-state index contributed by atoms with van der Waals surface area (Å²) in [5, 5.41) is 0. The largest absolute Gasteiger partial charge is 0.494 e. The first-order valence-electron chi connectivity index (χ1n) is 8.88. The number of hydrogen-bond acceptors (Lipinski definition) is 3. The quantitative estimate of drug-likeness (QED) is 0.534. The van der Waals surface area contributed by atoms with Crippen LogP contribution >= 0.6 is 0 Å². The molecule has 2 heterocycles. The molecular weight excluding hydrogens is 324 g/mol. The van der Waals surface area contributed by atoms with Crippen LogP contribution in [0.25, 0.3) is 22.6 Å². The van der Waals surface area contributed by atoms with Crippen LogP contribution in [-0.4, -0.2) is 17.1 Å². The minimum Gasteiger partial charge on any atom is -0.494 e. The van der Waals surface area contributed by atoms with Gasteiger partial charge in [0.05, 0.1) is 12.6 Å². The summed E-state index contributed by atoms with van der Waals surface area (Å²) in [5.74, 6) is 3.14. The number of methoxy groups -OCH3 is 1. The molecule has 0 aliphatic heterocycles. The van der Waals surface area contributed by atoms with E-state index in [-0.39, 0.29) is 0 Å². The molecule has 4 heteroatoms. The van der Waals surface area contributed by atoms with Crippen molar-refractivity contribution in [2.45, 2.75) is 26.7 Å². The van der Waals surface area contributed by atoms with Gasteiger partial charge in [-0.1, -0.05) is 31.2 Å². The minimum atomic E-state index is 0.717. The summed E-state index contributed by atoms with van der Waals surface area (Å²) < 4.78 is 11.5. The summed E-state index contributed by atoms with van der Waals surface area (Å²) in [7, 11) is 1.65. The lowest BCUT2D eigenvalue weighted by molar-refractivity contribution is 0.419. The van der Waals surface area contributed by atoms with Crippen molar-refractivity contribution in [3.63, 3.8) is 0 Å². The number of aryl methyl sites for hydroxylation is 2.